The third-order valence-corrected chi connectivity index (χ3v) is 2.63. The molecule has 0 saturated carbocycles. The molecule has 72 valence electrons. The van der Waals surface area contributed by atoms with E-state index in [4.69, 9.17) is 0 Å². The van der Waals surface area contributed by atoms with Crippen molar-refractivity contribution in [2.45, 2.75) is 6.92 Å². The highest BCUT2D eigenvalue weighted by Crippen LogP contribution is 2.23. The third kappa shape index (κ3) is 1.26. The highest BCUT2D eigenvalue weighted by Gasteiger charge is 2.00. The van der Waals surface area contributed by atoms with Crippen LogP contribution in [0.5, 0.6) is 0 Å². The Labute approximate surface area is 87.6 Å². The number of aryl methyl sites for hydroxylation is 1. The summed E-state index contributed by atoms with van der Waals surface area (Å²) in [5.74, 6) is 0. The van der Waals surface area contributed by atoms with Crippen molar-refractivity contribution in [3.63, 3.8) is 0 Å². The number of benzene rings is 1. The molecule has 2 heteroatoms. The van der Waals surface area contributed by atoms with Gasteiger partial charge in [-0.15, -0.1) is 0 Å². The van der Waals surface area contributed by atoms with Gasteiger partial charge < -0.3 is 0 Å². The molecule has 0 aliphatic carbocycles. The first-order valence-electron chi connectivity index (χ1n) is 4.95. The fourth-order valence-corrected chi connectivity index (χ4v) is 1.89. The Balaban J connectivity index is 2.55. The molecule has 0 bridgehead atoms. The van der Waals surface area contributed by atoms with E-state index in [-0.39, 0.29) is 0 Å². The van der Waals surface area contributed by atoms with E-state index in [2.05, 4.69) is 22.1 Å². The van der Waals surface area contributed by atoms with E-state index in [0.29, 0.717) is 0 Å². The molecule has 2 nitrogen and oxygen atoms in total. The van der Waals surface area contributed by atoms with E-state index in [0.717, 1.165) is 16.6 Å². The summed E-state index contributed by atoms with van der Waals surface area (Å²) in [6, 6.07) is 10.3. The number of aromatic nitrogens is 2. The Kier molecular flexibility index (Phi) is 1.68. The molecule has 3 rings (SSSR count). The molecule has 2 heterocycles. The maximum Gasteiger partial charge on any atom is 0.0711 e. The highest BCUT2D eigenvalue weighted by molar-refractivity contribution is 6.05. The van der Waals surface area contributed by atoms with Gasteiger partial charge in [-0.3, -0.25) is 9.97 Å². The van der Waals surface area contributed by atoms with Gasteiger partial charge >= 0.3 is 0 Å². The Morgan fingerprint density at radius 1 is 0.933 bits per heavy atom. The van der Waals surface area contributed by atoms with Crippen LogP contribution in [0.2, 0.25) is 0 Å². The number of fused-ring (bicyclic) bond motifs is 3. The van der Waals surface area contributed by atoms with Crippen molar-refractivity contribution >= 4 is 21.7 Å². The largest absolute Gasteiger partial charge is 0.264 e. The number of hydrogen-bond donors (Lipinski definition) is 0. The van der Waals surface area contributed by atoms with E-state index in [1.54, 1.807) is 0 Å². The zero-order valence-electron chi connectivity index (χ0n) is 8.44. The van der Waals surface area contributed by atoms with Crippen LogP contribution in [0.3, 0.4) is 0 Å². The second kappa shape index (κ2) is 3.02. The molecule has 1 aromatic carbocycles. The first-order chi connectivity index (χ1) is 7.34. The van der Waals surface area contributed by atoms with Crippen LogP contribution in [0.4, 0.5) is 0 Å². The second-order valence-corrected chi connectivity index (χ2v) is 3.68. The molecular weight excluding hydrogens is 184 g/mol. The van der Waals surface area contributed by atoms with Crippen LogP contribution in [0.1, 0.15) is 5.69 Å². The van der Waals surface area contributed by atoms with Crippen molar-refractivity contribution in [3.05, 3.63) is 48.4 Å². The summed E-state index contributed by atoms with van der Waals surface area (Å²) in [7, 11) is 0. The van der Waals surface area contributed by atoms with E-state index >= 15 is 0 Å². The number of pyridine rings is 2. The Bertz CT molecular complexity index is 644. The molecular formula is C13H10N2. The summed E-state index contributed by atoms with van der Waals surface area (Å²) >= 11 is 0. The van der Waals surface area contributed by atoms with Gasteiger partial charge in [0.2, 0.25) is 0 Å². The maximum absolute atomic E-state index is 4.51. The lowest BCUT2D eigenvalue weighted by atomic mass is 10.1. The molecule has 0 radical (unpaired) electrons. The zero-order chi connectivity index (χ0) is 10.3. The first-order valence-corrected chi connectivity index (χ1v) is 4.95. The fourth-order valence-electron chi connectivity index (χ4n) is 1.89. The molecule has 0 N–H and O–H groups in total. The first kappa shape index (κ1) is 8.36. The monoisotopic (exact) mass is 194 g/mol. The summed E-state index contributed by atoms with van der Waals surface area (Å²) in [6.07, 6.45) is 3.70. The van der Waals surface area contributed by atoms with Gasteiger partial charge in [0.15, 0.2) is 0 Å². The van der Waals surface area contributed by atoms with Crippen molar-refractivity contribution in [2.24, 2.45) is 0 Å². The summed E-state index contributed by atoms with van der Waals surface area (Å²) in [4.78, 5) is 8.62. The quantitative estimate of drug-likeness (QED) is 0.514. The highest BCUT2D eigenvalue weighted by atomic mass is 14.7. The smallest absolute Gasteiger partial charge is 0.0711 e. The summed E-state index contributed by atoms with van der Waals surface area (Å²) < 4.78 is 0. The standard InChI is InChI=1S/C13H10N2/c1-9-2-4-12-11-6-7-14-8-10(11)3-5-13(12)15-9/h2-8H,1H3. The van der Waals surface area contributed by atoms with Gasteiger partial charge in [-0.2, -0.15) is 0 Å². The van der Waals surface area contributed by atoms with Crippen LogP contribution in [-0.2, 0) is 0 Å². The van der Waals surface area contributed by atoms with Crippen LogP contribution in [0.15, 0.2) is 42.7 Å². The van der Waals surface area contributed by atoms with Crippen LogP contribution in [0, 0.1) is 6.92 Å². The Hall–Kier alpha value is -1.96. The van der Waals surface area contributed by atoms with Crippen LogP contribution in [0.25, 0.3) is 21.7 Å². The van der Waals surface area contributed by atoms with Gasteiger partial charge in [0, 0.05) is 28.9 Å². The molecule has 0 fully saturated rings. The molecule has 0 unspecified atom stereocenters. The van der Waals surface area contributed by atoms with Crippen molar-refractivity contribution in [1.82, 2.24) is 9.97 Å². The molecule has 0 aliphatic rings. The SMILES string of the molecule is Cc1ccc2c(ccc3cnccc32)n1. The summed E-state index contributed by atoms with van der Waals surface area (Å²) in [5.41, 5.74) is 2.10. The summed E-state index contributed by atoms with van der Waals surface area (Å²) in [5, 5.41) is 3.58. The molecule has 15 heavy (non-hydrogen) atoms. The van der Waals surface area contributed by atoms with Gasteiger partial charge in [0.25, 0.3) is 0 Å². The van der Waals surface area contributed by atoms with E-state index in [1.807, 2.05) is 37.5 Å². The molecule has 0 atom stereocenters. The minimum Gasteiger partial charge on any atom is -0.264 e. The molecule has 3 aromatic rings. The van der Waals surface area contributed by atoms with Gasteiger partial charge in [-0.25, -0.2) is 0 Å². The molecule has 0 spiro atoms. The number of nitrogens with zero attached hydrogens (tertiary/aromatic N) is 2. The van der Waals surface area contributed by atoms with Crippen molar-refractivity contribution in [3.8, 4) is 0 Å². The Morgan fingerprint density at radius 2 is 1.87 bits per heavy atom. The lowest BCUT2D eigenvalue weighted by molar-refractivity contribution is 1.26. The van der Waals surface area contributed by atoms with Gasteiger partial charge in [-0.05, 0) is 30.5 Å². The van der Waals surface area contributed by atoms with Crippen molar-refractivity contribution in [1.29, 1.82) is 0 Å². The number of hydrogen-bond acceptors (Lipinski definition) is 2. The molecule has 0 amide bonds. The minimum absolute atomic E-state index is 1.05. The van der Waals surface area contributed by atoms with E-state index < -0.39 is 0 Å². The average Bonchev–Trinajstić information content (AvgIpc) is 2.28. The Morgan fingerprint density at radius 3 is 2.80 bits per heavy atom. The lowest BCUT2D eigenvalue weighted by Crippen LogP contribution is -1.84. The average molecular weight is 194 g/mol. The lowest BCUT2D eigenvalue weighted by Gasteiger charge is -2.02. The molecule has 2 aromatic heterocycles. The van der Waals surface area contributed by atoms with Crippen LogP contribution >= 0.6 is 0 Å². The van der Waals surface area contributed by atoms with E-state index in [1.165, 1.54) is 10.8 Å². The van der Waals surface area contributed by atoms with Gasteiger partial charge in [0.05, 0.1) is 5.52 Å². The van der Waals surface area contributed by atoms with Crippen molar-refractivity contribution < 1.29 is 0 Å². The van der Waals surface area contributed by atoms with Crippen LogP contribution < -0.4 is 0 Å². The maximum atomic E-state index is 4.51. The number of rotatable bonds is 0. The van der Waals surface area contributed by atoms with Crippen LogP contribution in [-0.4, -0.2) is 9.97 Å². The third-order valence-electron chi connectivity index (χ3n) is 2.63. The predicted molar refractivity (Wildman–Crippen MR) is 61.8 cm³/mol. The molecule has 0 saturated heterocycles. The minimum atomic E-state index is 1.05. The normalized spacial score (nSPS) is 11.0. The summed E-state index contributed by atoms with van der Waals surface area (Å²) in [6.45, 7) is 2.01. The fraction of sp³-hybridized carbons (Fsp3) is 0.0769. The van der Waals surface area contributed by atoms with Crippen molar-refractivity contribution in [2.75, 3.05) is 0 Å². The van der Waals surface area contributed by atoms with Gasteiger partial charge in [0.1, 0.15) is 0 Å². The second-order valence-electron chi connectivity index (χ2n) is 3.68. The van der Waals surface area contributed by atoms with Gasteiger partial charge in [-0.1, -0.05) is 12.1 Å². The zero-order valence-corrected chi connectivity index (χ0v) is 8.44. The predicted octanol–water partition coefficient (Wildman–Crippen LogP) is 3.09. The molecule has 0 aliphatic heterocycles. The van der Waals surface area contributed by atoms with E-state index in [9.17, 15) is 0 Å². The topological polar surface area (TPSA) is 25.8 Å².